The average molecular weight is 295 g/mol. The Labute approximate surface area is 118 Å². The Morgan fingerprint density at radius 2 is 1.62 bits per heavy atom. The van der Waals surface area contributed by atoms with Crippen LogP contribution in [-0.4, -0.2) is 11.1 Å². The zero-order chi connectivity index (χ0) is 15.6. The number of carboxylic acid groups (broad SMARTS) is 1. The van der Waals surface area contributed by atoms with Crippen molar-refractivity contribution in [3.05, 3.63) is 59.7 Å². The van der Waals surface area contributed by atoms with E-state index < -0.39 is 23.8 Å². The number of benzene rings is 2. The maximum Gasteiger partial charge on any atom is 0.416 e. The fourth-order valence-electron chi connectivity index (χ4n) is 2.00. The minimum absolute atomic E-state index is 0.352. The lowest BCUT2D eigenvalue weighted by molar-refractivity contribution is -0.139. The van der Waals surface area contributed by atoms with Gasteiger partial charge in [-0.15, -0.1) is 0 Å². The molecule has 6 heteroatoms. The smallest absolute Gasteiger partial charge is 0.416 e. The van der Waals surface area contributed by atoms with Gasteiger partial charge in [0.15, 0.2) is 0 Å². The fraction of sp³-hybridized carbons (Fsp3) is 0.133. The number of aliphatic carboxylic acids is 1. The van der Waals surface area contributed by atoms with E-state index in [4.69, 9.17) is 10.8 Å². The predicted octanol–water partition coefficient (Wildman–Crippen LogP) is 3.46. The zero-order valence-electron chi connectivity index (χ0n) is 10.8. The molecule has 110 valence electrons. The van der Waals surface area contributed by atoms with Gasteiger partial charge in [-0.1, -0.05) is 36.4 Å². The number of hydrogen-bond donors (Lipinski definition) is 2. The fourth-order valence-corrected chi connectivity index (χ4v) is 2.00. The van der Waals surface area contributed by atoms with Crippen molar-refractivity contribution < 1.29 is 23.1 Å². The van der Waals surface area contributed by atoms with Crippen molar-refractivity contribution >= 4 is 5.97 Å². The Hall–Kier alpha value is -2.34. The van der Waals surface area contributed by atoms with Crippen LogP contribution in [0, 0.1) is 0 Å². The van der Waals surface area contributed by atoms with E-state index in [0.717, 1.165) is 12.1 Å². The summed E-state index contributed by atoms with van der Waals surface area (Å²) in [6, 6.07) is 9.76. The van der Waals surface area contributed by atoms with Crippen molar-refractivity contribution in [1.29, 1.82) is 0 Å². The molecule has 0 radical (unpaired) electrons. The Morgan fingerprint density at radius 1 is 1.05 bits per heavy atom. The Kier molecular flexibility index (Phi) is 3.99. The average Bonchev–Trinajstić information content (AvgIpc) is 2.45. The van der Waals surface area contributed by atoms with E-state index in [1.54, 1.807) is 24.3 Å². The van der Waals surface area contributed by atoms with Gasteiger partial charge in [-0.25, -0.2) is 0 Å². The van der Waals surface area contributed by atoms with Gasteiger partial charge < -0.3 is 10.8 Å². The third kappa shape index (κ3) is 3.22. The number of alkyl halides is 3. The molecule has 1 atom stereocenters. The zero-order valence-corrected chi connectivity index (χ0v) is 10.8. The molecule has 0 aliphatic rings. The largest absolute Gasteiger partial charge is 0.480 e. The van der Waals surface area contributed by atoms with Crippen LogP contribution in [0.1, 0.15) is 17.2 Å². The summed E-state index contributed by atoms with van der Waals surface area (Å²) in [5.41, 5.74) is 6.17. The van der Waals surface area contributed by atoms with Crippen LogP contribution in [-0.2, 0) is 11.0 Å². The summed E-state index contributed by atoms with van der Waals surface area (Å²) >= 11 is 0. The topological polar surface area (TPSA) is 63.3 Å². The van der Waals surface area contributed by atoms with Gasteiger partial charge in [-0.05, 0) is 28.8 Å². The van der Waals surface area contributed by atoms with E-state index in [-0.39, 0.29) is 0 Å². The molecular formula is C15H12F3NO2. The van der Waals surface area contributed by atoms with E-state index in [2.05, 4.69) is 0 Å². The summed E-state index contributed by atoms with van der Waals surface area (Å²) in [6.45, 7) is 0. The molecule has 2 aromatic carbocycles. The molecule has 0 bridgehead atoms. The van der Waals surface area contributed by atoms with E-state index in [9.17, 15) is 18.0 Å². The number of carbonyl (C=O) groups is 1. The molecular weight excluding hydrogens is 283 g/mol. The highest BCUT2D eigenvalue weighted by atomic mass is 19.4. The highest BCUT2D eigenvalue weighted by molar-refractivity contribution is 5.80. The second kappa shape index (κ2) is 5.57. The first-order chi connectivity index (χ1) is 9.80. The SMILES string of the molecule is N[C@H](C(=O)O)c1ccccc1-c1ccc(C(F)(F)F)cc1. The van der Waals surface area contributed by atoms with E-state index in [1.807, 2.05) is 0 Å². The summed E-state index contributed by atoms with van der Waals surface area (Å²) < 4.78 is 37.6. The first kappa shape index (κ1) is 15.1. The van der Waals surface area contributed by atoms with Crippen LogP contribution in [0.5, 0.6) is 0 Å². The number of carboxylic acids is 1. The number of nitrogens with two attached hydrogens (primary N) is 1. The maximum absolute atomic E-state index is 12.5. The molecule has 0 spiro atoms. The third-order valence-corrected chi connectivity index (χ3v) is 3.09. The third-order valence-electron chi connectivity index (χ3n) is 3.09. The van der Waals surface area contributed by atoms with Crippen molar-refractivity contribution in [2.75, 3.05) is 0 Å². The van der Waals surface area contributed by atoms with E-state index in [0.29, 0.717) is 16.7 Å². The molecule has 0 aliphatic carbocycles. The Morgan fingerprint density at radius 3 is 2.14 bits per heavy atom. The van der Waals surface area contributed by atoms with Gasteiger partial charge in [0, 0.05) is 0 Å². The lowest BCUT2D eigenvalue weighted by Crippen LogP contribution is -2.21. The molecule has 2 aromatic rings. The van der Waals surface area contributed by atoms with Crippen LogP contribution in [0.2, 0.25) is 0 Å². The first-order valence-corrected chi connectivity index (χ1v) is 6.05. The molecule has 0 saturated heterocycles. The standard InChI is InChI=1S/C15H12F3NO2/c16-15(17,18)10-7-5-9(6-8-10)11-3-1-2-4-12(11)13(19)14(20)21/h1-8,13H,19H2,(H,20,21)/t13-/m0/s1. The predicted molar refractivity (Wildman–Crippen MR) is 71.4 cm³/mol. The molecule has 0 fully saturated rings. The maximum atomic E-state index is 12.5. The summed E-state index contributed by atoms with van der Waals surface area (Å²) in [7, 11) is 0. The van der Waals surface area contributed by atoms with Crippen LogP contribution in [0.4, 0.5) is 13.2 Å². The van der Waals surface area contributed by atoms with Crippen LogP contribution in [0.3, 0.4) is 0 Å². The quantitative estimate of drug-likeness (QED) is 0.911. The second-order valence-corrected chi connectivity index (χ2v) is 4.48. The van der Waals surface area contributed by atoms with Gasteiger partial charge in [-0.2, -0.15) is 13.2 Å². The summed E-state index contributed by atoms with van der Waals surface area (Å²) in [4.78, 5) is 11.0. The number of hydrogen-bond acceptors (Lipinski definition) is 2. The van der Waals surface area contributed by atoms with Gasteiger partial charge in [0.25, 0.3) is 0 Å². The lowest BCUT2D eigenvalue weighted by Gasteiger charge is -2.14. The van der Waals surface area contributed by atoms with Crippen molar-refractivity contribution in [3.63, 3.8) is 0 Å². The Bertz CT molecular complexity index is 651. The molecule has 3 nitrogen and oxygen atoms in total. The van der Waals surface area contributed by atoms with Crippen LogP contribution in [0.25, 0.3) is 11.1 Å². The van der Waals surface area contributed by atoms with Gasteiger partial charge >= 0.3 is 12.1 Å². The minimum atomic E-state index is -4.41. The molecule has 21 heavy (non-hydrogen) atoms. The highest BCUT2D eigenvalue weighted by Crippen LogP contribution is 2.32. The van der Waals surface area contributed by atoms with Crippen molar-refractivity contribution in [3.8, 4) is 11.1 Å². The molecule has 3 N–H and O–H groups in total. The lowest BCUT2D eigenvalue weighted by atomic mass is 9.94. The van der Waals surface area contributed by atoms with Crippen LogP contribution < -0.4 is 5.73 Å². The van der Waals surface area contributed by atoms with Crippen LogP contribution in [0.15, 0.2) is 48.5 Å². The molecule has 0 amide bonds. The summed E-state index contributed by atoms with van der Waals surface area (Å²) in [5.74, 6) is -1.20. The van der Waals surface area contributed by atoms with Gasteiger partial charge in [-0.3, -0.25) is 4.79 Å². The van der Waals surface area contributed by atoms with E-state index >= 15 is 0 Å². The number of halogens is 3. The minimum Gasteiger partial charge on any atom is -0.480 e. The monoisotopic (exact) mass is 295 g/mol. The molecule has 0 aliphatic heterocycles. The molecule has 2 rings (SSSR count). The molecule has 0 unspecified atom stereocenters. The van der Waals surface area contributed by atoms with Crippen molar-refractivity contribution in [2.45, 2.75) is 12.2 Å². The molecule has 0 heterocycles. The molecule has 0 saturated carbocycles. The van der Waals surface area contributed by atoms with Gasteiger partial charge in [0.1, 0.15) is 6.04 Å². The second-order valence-electron chi connectivity index (χ2n) is 4.48. The highest BCUT2D eigenvalue weighted by Gasteiger charge is 2.30. The normalized spacial score (nSPS) is 13.0. The van der Waals surface area contributed by atoms with Gasteiger partial charge in [0.05, 0.1) is 5.56 Å². The van der Waals surface area contributed by atoms with Crippen molar-refractivity contribution in [2.24, 2.45) is 5.73 Å². The molecule has 0 aromatic heterocycles. The Balaban J connectivity index is 2.45. The van der Waals surface area contributed by atoms with Gasteiger partial charge in [0.2, 0.25) is 0 Å². The first-order valence-electron chi connectivity index (χ1n) is 6.05. The summed E-state index contributed by atoms with van der Waals surface area (Å²) in [5, 5.41) is 8.98. The van der Waals surface area contributed by atoms with Crippen LogP contribution >= 0.6 is 0 Å². The van der Waals surface area contributed by atoms with Crippen molar-refractivity contribution in [1.82, 2.24) is 0 Å². The van der Waals surface area contributed by atoms with E-state index in [1.165, 1.54) is 12.1 Å². The summed E-state index contributed by atoms with van der Waals surface area (Å²) in [6.07, 6.45) is -4.41. The number of rotatable bonds is 3.